The van der Waals surface area contributed by atoms with Crippen LogP contribution in [-0.4, -0.2) is 47.4 Å². The van der Waals surface area contributed by atoms with Gasteiger partial charge in [-0.05, 0) is 0 Å². The van der Waals surface area contributed by atoms with Gasteiger partial charge in [0.05, 0.1) is 6.61 Å². The molecule has 128 valence electrons. The molecule has 0 bridgehead atoms. The molecule has 0 saturated carbocycles. The van der Waals surface area contributed by atoms with Crippen molar-refractivity contribution in [3.8, 4) is 0 Å². The average Bonchev–Trinajstić information content (AvgIpc) is 3.01. The van der Waals surface area contributed by atoms with Crippen molar-refractivity contribution < 1.29 is 24.1 Å². The van der Waals surface area contributed by atoms with Crippen molar-refractivity contribution in [1.29, 1.82) is 0 Å². The highest BCUT2D eigenvalue weighted by Crippen LogP contribution is 2.29. The van der Waals surface area contributed by atoms with Crippen LogP contribution < -0.4 is 11.2 Å². The summed E-state index contributed by atoms with van der Waals surface area (Å²) in [5, 5.41) is 18.6. The fourth-order valence-electron chi connectivity index (χ4n) is 2.52. The summed E-state index contributed by atoms with van der Waals surface area (Å²) >= 11 is 0. The minimum atomic E-state index is -1.65. The molecule has 0 saturated heterocycles. The molecular weight excluding hydrogens is 327 g/mol. The third-order valence-corrected chi connectivity index (χ3v) is 3.86. The Bertz CT molecular complexity index is 1000. The number of aryl methyl sites for hydroxylation is 1. The van der Waals surface area contributed by atoms with Gasteiger partial charge in [0, 0.05) is 14.1 Å². The van der Waals surface area contributed by atoms with Gasteiger partial charge in [0.2, 0.25) is 17.8 Å². The van der Waals surface area contributed by atoms with E-state index in [9.17, 15) is 23.9 Å². The van der Waals surface area contributed by atoms with E-state index in [0.29, 0.717) is 0 Å². The summed E-state index contributed by atoms with van der Waals surface area (Å²) in [5.74, 6) is -3.70. The molecule has 2 aromatic heterocycles. The molecule has 0 spiro atoms. The van der Waals surface area contributed by atoms with E-state index in [-0.39, 0.29) is 11.2 Å². The predicted octanol–water partition coefficient (Wildman–Crippen LogP) is -1.37. The SMILES string of the molecule is Cn1c(=O)c2c(ncn2C2OC(CO)C(O)=C(F)C2=O)n(C)c1=O. The molecule has 11 heteroatoms. The van der Waals surface area contributed by atoms with Crippen molar-refractivity contribution in [3.05, 3.63) is 38.8 Å². The van der Waals surface area contributed by atoms with Gasteiger partial charge < -0.3 is 14.9 Å². The van der Waals surface area contributed by atoms with Gasteiger partial charge >= 0.3 is 5.69 Å². The van der Waals surface area contributed by atoms with E-state index >= 15 is 0 Å². The van der Waals surface area contributed by atoms with Crippen molar-refractivity contribution in [2.45, 2.75) is 12.3 Å². The number of ether oxygens (including phenoxy) is 1. The molecule has 2 unspecified atom stereocenters. The Morgan fingerprint density at radius 2 is 1.96 bits per heavy atom. The molecule has 2 atom stereocenters. The van der Waals surface area contributed by atoms with E-state index in [1.54, 1.807) is 0 Å². The highest BCUT2D eigenvalue weighted by Gasteiger charge is 2.39. The lowest BCUT2D eigenvalue weighted by Crippen LogP contribution is -2.40. The molecular formula is C13H13FN4O6. The first-order valence-electron chi connectivity index (χ1n) is 6.81. The molecule has 0 aromatic carbocycles. The minimum absolute atomic E-state index is 0.0146. The third-order valence-electron chi connectivity index (χ3n) is 3.86. The molecule has 2 aromatic rings. The number of ketones is 1. The first-order chi connectivity index (χ1) is 11.3. The van der Waals surface area contributed by atoms with Gasteiger partial charge in [-0.1, -0.05) is 0 Å². The Hall–Kier alpha value is -2.79. The van der Waals surface area contributed by atoms with E-state index in [4.69, 9.17) is 9.84 Å². The monoisotopic (exact) mass is 340 g/mol. The highest BCUT2D eigenvalue weighted by molar-refractivity contribution is 5.97. The van der Waals surface area contributed by atoms with E-state index in [0.717, 1.165) is 20.0 Å². The summed E-state index contributed by atoms with van der Waals surface area (Å²) in [6, 6.07) is 0. The van der Waals surface area contributed by atoms with E-state index < -0.39 is 47.6 Å². The number of hydrogen-bond donors (Lipinski definition) is 2. The van der Waals surface area contributed by atoms with Crippen LogP contribution in [0.25, 0.3) is 11.2 Å². The Morgan fingerprint density at radius 1 is 1.29 bits per heavy atom. The van der Waals surface area contributed by atoms with Crippen LogP contribution in [-0.2, 0) is 23.6 Å². The lowest BCUT2D eigenvalue weighted by atomic mass is 10.1. The van der Waals surface area contributed by atoms with Crippen LogP contribution >= 0.6 is 0 Å². The van der Waals surface area contributed by atoms with Crippen molar-refractivity contribution in [3.63, 3.8) is 0 Å². The standard InChI is InChI=1S/C13H13FN4O6/c1-16-10-7(11(22)17(2)13(16)23)18(4-15-10)12-9(21)6(14)8(20)5(3-19)24-12/h4-5,12,19-20H,3H2,1-2H3. The predicted molar refractivity (Wildman–Crippen MR) is 77.0 cm³/mol. The second-order valence-electron chi connectivity index (χ2n) is 5.25. The van der Waals surface area contributed by atoms with Gasteiger partial charge in [-0.2, -0.15) is 4.39 Å². The zero-order valence-corrected chi connectivity index (χ0v) is 12.6. The number of Topliss-reactive ketones (excluding diaryl/α,β-unsaturated/α-hetero) is 1. The molecule has 1 aliphatic heterocycles. The summed E-state index contributed by atoms with van der Waals surface area (Å²) in [6.07, 6.45) is -2.05. The van der Waals surface area contributed by atoms with Gasteiger partial charge in [-0.15, -0.1) is 0 Å². The first-order valence-corrected chi connectivity index (χ1v) is 6.81. The Balaban J connectivity index is 2.27. The largest absolute Gasteiger partial charge is 0.506 e. The minimum Gasteiger partial charge on any atom is -0.506 e. The number of fused-ring (bicyclic) bond motifs is 1. The number of aliphatic hydroxyl groups is 2. The first kappa shape index (κ1) is 16.1. The molecule has 1 aliphatic rings. The van der Waals surface area contributed by atoms with Crippen molar-refractivity contribution in [2.24, 2.45) is 14.1 Å². The molecule has 24 heavy (non-hydrogen) atoms. The van der Waals surface area contributed by atoms with Crippen molar-refractivity contribution in [1.82, 2.24) is 18.7 Å². The van der Waals surface area contributed by atoms with Gasteiger partial charge in [0.15, 0.2) is 16.9 Å². The number of hydrogen-bond acceptors (Lipinski definition) is 7. The Labute approximate surface area is 132 Å². The maximum absolute atomic E-state index is 13.9. The number of halogens is 1. The van der Waals surface area contributed by atoms with Crippen LogP contribution in [0.1, 0.15) is 6.23 Å². The van der Waals surface area contributed by atoms with Crippen LogP contribution in [0.5, 0.6) is 0 Å². The summed E-state index contributed by atoms with van der Waals surface area (Å²) in [4.78, 5) is 40.2. The van der Waals surface area contributed by atoms with E-state index in [1.807, 2.05) is 0 Å². The second kappa shape index (κ2) is 5.39. The lowest BCUT2D eigenvalue weighted by molar-refractivity contribution is -0.147. The Kier molecular flexibility index (Phi) is 3.61. The Morgan fingerprint density at radius 3 is 2.58 bits per heavy atom. The molecule has 0 radical (unpaired) electrons. The van der Waals surface area contributed by atoms with E-state index in [2.05, 4.69) is 4.98 Å². The molecule has 3 heterocycles. The maximum Gasteiger partial charge on any atom is 0.332 e. The number of carbonyl (C=O) groups is 1. The smallest absolute Gasteiger partial charge is 0.332 e. The quantitative estimate of drug-likeness (QED) is 0.690. The summed E-state index contributed by atoms with van der Waals surface area (Å²) in [7, 11) is 2.63. The zero-order valence-electron chi connectivity index (χ0n) is 12.6. The highest BCUT2D eigenvalue weighted by atomic mass is 19.1. The fraction of sp³-hybridized carbons (Fsp3) is 0.385. The molecule has 0 amide bonds. The average molecular weight is 340 g/mol. The number of imidazole rings is 1. The summed E-state index contributed by atoms with van der Waals surface area (Å²) in [6.45, 7) is -0.772. The van der Waals surface area contributed by atoms with Gasteiger partial charge in [-0.25, -0.2) is 9.78 Å². The van der Waals surface area contributed by atoms with Crippen LogP contribution in [0.4, 0.5) is 4.39 Å². The van der Waals surface area contributed by atoms with Gasteiger partial charge in [0.25, 0.3) is 5.56 Å². The summed E-state index contributed by atoms with van der Waals surface area (Å²) < 4.78 is 21.9. The number of carbonyl (C=O) groups excluding carboxylic acids is 1. The number of aliphatic hydroxyl groups excluding tert-OH is 2. The molecule has 0 fully saturated rings. The van der Waals surface area contributed by atoms with Crippen LogP contribution in [0.2, 0.25) is 0 Å². The molecule has 0 aliphatic carbocycles. The molecule has 2 N–H and O–H groups in total. The third kappa shape index (κ3) is 2.02. The van der Waals surface area contributed by atoms with Crippen LogP contribution in [0, 0.1) is 0 Å². The van der Waals surface area contributed by atoms with Gasteiger partial charge in [-0.3, -0.25) is 23.3 Å². The summed E-state index contributed by atoms with van der Waals surface area (Å²) in [5.41, 5.74) is -1.53. The number of nitrogens with zero attached hydrogens (tertiary/aromatic N) is 4. The second-order valence-corrected chi connectivity index (χ2v) is 5.25. The zero-order chi connectivity index (χ0) is 17.8. The van der Waals surface area contributed by atoms with Crippen LogP contribution in [0.3, 0.4) is 0 Å². The molecule has 3 rings (SSSR count). The topological polar surface area (TPSA) is 129 Å². The molecule has 10 nitrogen and oxygen atoms in total. The van der Waals surface area contributed by atoms with E-state index in [1.165, 1.54) is 14.1 Å². The van der Waals surface area contributed by atoms with Crippen molar-refractivity contribution in [2.75, 3.05) is 6.61 Å². The maximum atomic E-state index is 13.9. The number of rotatable bonds is 2. The van der Waals surface area contributed by atoms with Gasteiger partial charge in [0.1, 0.15) is 12.4 Å². The fourth-order valence-corrected chi connectivity index (χ4v) is 2.52. The van der Waals surface area contributed by atoms with Crippen LogP contribution in [0.15, 0.2) is 27.5 Å². The van der Waals surface area contributed by atoms with Crippen molar-refractivity contribution >= 4 is 16.9 Å². The normalized spacial score (nSPS) is 21.8. The number of aromatic nitrogens is 4. The lowest BCUT2D eigenvalue weighted by Gasteiger charge is -2.27.